The van der Waals surface area contributed by atoms with Crippen molar-refractivity contribution in [2.24, 2.45) is 0 Å². The first-order chi connectivity index (χ1) is 6.69. The van der Waals surface area contributed by atoms with Crippen molar-refractivity contribution in [3.8, 4) is 0 Å². The first-order valence-electron chi connectivity index (χ1n) is 4.68. The van der Waals surface area contributed by atoms with Crippen LogP contribution in [0.4, 0.5) is 0 Å². The van der Waals surface area contributed by atoms with Gasteiger partial charge in [0.05, 0.1) is 13.1 Å². The zero-order valence-corrected chi connectivity index (χ0v) is 8.23. The fraction of sp³-hybridized carbons (Fsp3) is 0.667. The van der Waals surface area contributed by atoms with Gasteiger partial charge >= 0.3 is 0 Å². The fourth-order valence-electron chi connectivity index (χ4n) is 1.43. The molecule has 0 saturated carbocycles. The normalized spacial score (nSPS) is 17.5. The Labute approximate surface area is 82.7 Å². The van der Waals surface area contributed by atoms with E-state index in [4.69, 9.17) is 0 Å². The summed E-state index contributed by atoms with van der Waals surface area (Å²) in [6, 6.07) is 0. The molecule has 1 aliphatic heterocycles. The van der Waals surface area contributed by atoms with Gasteiger partial charge in [0, 0.05) is 6.54 Å². The maximum Gasteiger partial charge on any atom is 0.243 e. The number of piperazine rings is 1. The van der Waals surface area contributed by atoms with Crippen LogP contribution in [0, 0.1) is 0 Å². The van der Waals surface area contributed by atoms with Crippen molar-refractivity contribution in [2.75, 3.05) is 26.2 Å². The Morgan fingerprint density at radius 2 is 1.79 bits per heavy atom. The monoisotopic (exact) mass is 198 g/mol. The molecule has 1 fully saturated rings. The molecule has 5 heteroatoms. The molecule has 0 N–H and O–H groups in total. The van der Waals surface area contributed by atoms with Crippen molar-refractivity contribution in [3.63, 3.8) is 0 Å². The summed E-state index contributed by atoms with van der Waals surface area (Å²) in [5, 5.41) is 0. The Kier molecular flexibility index (Phi) is 3.62. The van der Waals surface area contributed by atoms with E-state index in [9.17, 15) is 14.4 Å². The Morgan fingerprint density at radius 1 is 1.21 bits per heavy atom. The Hall–Kier alpha value is -1.39. The minimum atomic E-state index is -0.148. The number of hydrogen-bond donors (Lipinski definition) is 0. The summed E-state index contributed by atoms with van der Waals surface area (Å²) in [6.45, 7) is 2.73. The molecule has 0 atom stereocenters. The molecular formula is C9H14N2O3. The highest BCUT2D eigenvalue weighted by Gasteiger charge is 2.28. The summed E-state index contributed by atoms with van der Waals surface area (Å²) >= 11 is 0. The largest absolute Gasteiger partial charge is 0.332 e. The molecule has 0 aromatic heterocycles. The lowest BCUT2D eigenvalue weighted by atomic mass is 10.2. The van der Waals surface area contributed by atoms with Crippen LogP contribution >= 0.6 is 0 Å². The zero-order valence-electron chi connectivity index (χ0n) is 8.23. The predicted molar refractivity (Wildman–Crippen MR) is 49.5 cm³/mol. The number of hydrogen-bond acceptors (Lipinski definition) is 3. The topological polar surface area (TPSA) is 57.7 Å². The van der Waals surface area contributed by atoms with Crippen LogP contribution in [0.2, 0.25) is 0 Å². The van der Waals surface area contributed by atoms with Gasteiger partial charge in [0.2, 0.25) is 11.8 Å². The van der Waals surface area contributed by atoms with E-state index in [1.807, 2.05) is 6.92 Å². The van der Waals surface area contributed by atoms with Gasteiger partial charge in [-0.15, -0.1) is 0 Å². The van der Waals surface area contributed by atoms with Crippen molar-refractivity contribution < 1.29 is 14.4 Å². The molecule has 1 saturated heterocycles. The van der Waals surface area contributed by atoms with Crippen LogP contribution in [0.25, 0.3) is 0 Å². The van der Waals surface area contributed by atoms with E-state index in [1.165, 1.54) is 9.80 Å². The van der Waals surface area contributed by atoms with Crippen molar-refractivity contribution in [1.82, 2.24) is 9.80 Å². The van der Waals surface area contributed by atoms with E-state index in [2.05, 4.69) is 0 Å². The van der Waals surface area contributed by atoms with E-state index in [-0.39, 0.29) is 31.4 Å². The smallest absolute Gasteiger partial charge is 0.243 e. The third kappa shape index (κ3) is 2.31. The van der Waals surface area contributed by atoms with Crippen molar-refractivity contribution in [2.45, 2.75) is 13.3 Å². The number of carbonyl (C=O) groups is 3. The Balaban J connectivity index is 2.57. The zero-order chi connectivity index (χ0) is 10.6. The highest BCUT2D eigenvalue weighted by atomic mass is 16.2. The number of aldehydes is 1. The van der Waals surface area contributed by atoms with Gasteiger partial charge in [-0.05, 0) is 6.42 Å². The van der Waals surface area contributed by atoms with Crippen molar-refractivity contribution in [1.29, 1.82) is 0 Å². The van der Waals surface area contributed by atoms with E-state index in [0.29, 0.717) is 12.8 Å². The van der Waals surface area contributed by atoms with Gasteiger partial charge in [0.25, 0.3) is 0 Å². The number of amides is 2. The lowest BCUT2D eigenvalue weighted by Crippen LogP contribution is -2.54. The van der Waals surface area contributed by atoms with Gasteiger partial charge in [0.1, 0.15) is 12.8 Å². The molecule has 0 unspecified atom stereocenters. The van der Waals surface area contributed by atoms with Crippen LogP contribution in [-0.4, -0.2) is 54.1 Å². The van der Waals surface area contributed by atoms with Crippen LogP contribution in [0.5, 0.6) is 0 Å². The second kappa shape index (κ2) is 4.74. The molecule has 78 valence electrons. The summed E-state index contributed by atoms with van der Waals surface area (Å²) in [6.07, 6.45) is 1.48. The number of nitrogens with zero attached hydrogens (tertiary/aromatic N) is 2. The highest BCUT2D eigenvalue weighted by Crippen LogP contribution is 2.04. The number of carbonyl (C=O) groups excluding carboxylic acids is 3. The van der Waals surface area contributed by atoms with Crippen LogP contribution < -0.4 is 0 Å². The predicted octanol–water partition coefficient (Wildman–Crippen LogP) is -0.734. The Bertz CT molecular complexity index is 252. The molecule has 14 heavy (non-hydrogen) atoms. The summed E-state index contributed by atoms with van der Waals surface area (Å²) in [5.41, 5.74) is 0. The van der Waals surface area contributed by atoms with Gasteiger partial charge in [-0.1, -0.05) is 6.92 Å². The van der Waals surface area contributed by atoms with Gasteiger partial charge in [-0.25, -0.2) is 0 Å². The molecule has 0 aromatic carbocycles. The summed E-state index contributed by atoms with van der Waals surface area (Å²) in [7, 11) is 0. The molecule has 1 rings (SSSR count). The minimum absolute atomic E-state index is 0.0184. The van der Waals surface area contributed by atoms with Gasteiger partial charge in [0.15, 0.2) is 0 Å². The first kappa shape index (κ1) is 10.7. The molecule has 0 aromatic rings. The van der Waals surface area contributed by atoms with E-state index in [0.717, 1.165) is 6.42 Å². The van der Waals surface area contributed by atoms with Crippen molar-refractivity contribution in [3.05, 3.63) is 0 Å². The van der Waals surface area contributed by atoms with E-state index < -0.39 is 0 Å². The van der Waals surface area contributed by atoms with Crippen LogP contribution in [0.1, 0.15) is 13.3 Å². The molecule has 0 bridgehead atoms. The third-order valence-corrected chi connectivity index (χ3v) is 2.15. The maximum absolute atomic E-state index is 11.4. The van der Waals surface area contributed by atoms with Crippen molar-refractivity contribution >= 4 is 18.1 Å². The standard InChI is InChI=1S/C9H14N2O3/c1-2-3-10-6-9(14)11(4-5-12)7-8(10)13/h5H,2-4,6-7H2,1H3. The molecule has 2 amide bonds. The quantitative estimate of drug-likeness (QED) is 0.559. The minimum Gasteiger partial charge on any atom is -0.332 e. The maximum atomic E-state index is 11.4. The average Bonchev–Trinajstić information content (AvgIpc) is 2.14. The van der Waals surface area contributed by atoms with E-state index >= 15 is 0 Å². The summed E-state index contributed by atoms with van der Waals surface area (Å²) in [4.78, 5) is 35.8. The SMILES string of the molecule is CCCN1CC(=O)N(CC=O)CC1=O. The Morgan fingerprint density at radius 3 is 2.36 bits per heavy atom. The second-order valence-corrected chi connectivity index (χ2v) is 3.26. The van der Waals surface area contributed by atoms with Crippen LogP contribution in [0.15, 0.2) is 0 Å². The molecule has 0 radical (unpaired) electrons. The first-order valence-corrected chi connectivity index (χ1v) is 4.68. The van der Waals surface area contributed by atoms with Gasteiger partial charge in [-0.3, -0.25) is 9.59 Å². The molecular weight excluding hydrogens is 184 g/mol. The molecule has 5 nitrogen and oxygen atoms in total. The highest BCUT2D eigenvalue weighted by molar-refractivity contribution is 5.93. The third-order valence-electron chi connectivity index (χ3n) is 2.15. The van der Waals surface area contributed by atoms with Gasteiger partial charge < -0.3 is 14.6 Å². The number of rotatable bonds is 4. The second-order valence-electron chi connectivity index (χ2n) is 3.26. The van der Waals surface area contributed by atoms with E-state index in [1.54, 1.807) is 0 Å². The molecule has 0 spiro atoms. The fourth-order valence-corrected chi connectivity index (χ4v) is 1.43. The molecule has 1 aliphatic rings. The van der Waals surface area contributed by atoms with Gasteiger partial charge in [-0.2, -0.15) is 0 Å². The lowest BCUT2D eigenvalue weighted by Gasteiger charge is -2.32. The lowest BCUT2D eigenvalue weighted by molar-refractivity contribution is -0.150. The molecule has 0 aliphatic carbocycles. The molecule has 1 heterocycles. The van der Waals surface area contributed by atoms with Crippen LogP contribution in [-0.2, 0) is 14.4 Å². The summed E-state index contributed by atoms with van der Waals surface area (Å²) < 4.78 is 0. The average molecular weight is 198 g/mol. The summed E-state index contributed by atoms with van der Waals surface area (Å²) in [5.74, 6) is -0.224. The van der Waals surface area contributed by atoms with Crippen LogP contribution in [0.3, 0.4) is 0 Å².